The summed E-state index contributed by atoms with van der Waals surface area (Å²) in [4.78, 5) is 40.3. The van der Waals surface area contributed by atoms with Gasteiger partial charge in [0.2, 0.25) is 0 Å². The van der Waals surface area contributed by atoms with Gasteiger partial charge in [0.15, 0.2) is 12.2 Å². The quantitative estimate of drug-likeness (QED) is 0.181. The van der Waals surface area contributed by atoms with Crippen molar-refractivity contribution in [2.24, 2.45) is 0 Å². The van der Waals surface area contributed by atoms with Crippen LogP contribution in [0.4, 0.5) is 11.4 Å². The van der Waals surface area contributed by atoms with E-state index in [-0.39, 0.29) is 40.8 Å². The van der Waals surface area contributed by atoms with Gasteiger partial charge in [0, 0.05) is 23.1 Å². The van der Waals surface area contributed by atoms with Crippen LogP contribution in [0, 0.1) is 17.0 Å². The maximum Gasteiger partial charge on any atom is 0.336 e. The highest BCUT2D eigenvalue weighted by Gasteiger charge is 2.22. The number of fused-ring (bicyclic) bond motifs is 2. The van der Waals surface area contributed by atoms with Crippen LogP contribution < -0.4 is 15.7 Å². The summed E-state index contributed by atoms with van der Waals surface area (Å²) in [5.74, 6) is 0.0194. The van der Waals surface area contributed by atoms with Gasteiger partial charge < -0.3 is 19.6 Å². The lowest BCUT2D eigenvalue weighted by Gasteiger charge is -2.19. The van der Waals surface area contributed by atoms with Crippen LogP contribution in [0.2, 0.25) is 0 Å². The van der Waals surface area contributed by atoms with Gasteiger partial charge in [-0.25, -0.2) is 9.78 Å². The highest BCUT2D eigenvalue weighted by atomic mass is 16.6. The lowest BCUT2D eigenvalue weighted by atomic mass is 9.97. The van der Waals surface area contributed by atoms with E-state index in [4.69, 9.17) is 14.1 Å². The van der Waals surface area contributed by atoms with Crippen LogP contribution >= 0.6 is 0 Å². The number of phenols is 1. The number of rotatable bonds is 4. The fourth-order valence-electron chi connectivity index (χ4n) is 4.70. The Bertz CT molecular complexity index is 1890. The van der Waals surface area contributed by atoms with Gasteiger partial charge in [0.1, 0.15) is 11.5 Å². The van der Waals surface area contributed by atoms with Gasteiger partial charge in [-0.1, -0.05) is 12.1 Å². The minimum absolute atomic E-state index is 0.0904. The zero-order chi connectivity index (χ0) is 27.3. The predicted molar refractivity (Wildman–Crippen MR) is 144 cm³/mol. The zero-order valence-corrected chi connectivity index (χ0v) is 20.4. The second kappa shape index (κ2) is 9.10. The SMILES string of the molecule is Cc1cc(=O)oc2c(-c3cc(-c4ccccc4[N+](=O)[O-])cc(-c4ccc5c(c4)NC(=O)CO5)n3)c(O)ccc12. The summed E-state index contributed by atoms with van der Waals surface area (Å²) in [5.41, 5.74) is 2.72. The fraction of sp³-hybridized carbons (Fsp3) is 0.0690. The number of aromatic nitrogens is 1. The van der Waals surface area contributed by atoms with Crippen molar-refractivity contribution in [2.45, 2.75) is 6.92 Å². The van der Waals surface area contributed by atoms with E-state index < -0.39 is 10.5 Å². The second-order valence-corrected chi connectivity index (χ2v) is 9.03. The molecule has 6 rings (SSSR count). The van der Waals surface area contributed by atoms with Crippen molar-refractivity contribution >= 4 is 28.3 Å². The van der Waals surface area contributed by atoms with E-state index in [1.807, 2.05) is 0 Å². The van der Waals surface area contributed by atoms with Crippen molar-refractivity contribution in [3.8, 4) is 45.1 Å². The Morgan fingerprint density at radius 3 is 2.59 bits per heavy atom. The minimum Gasteiger partial charge on any atom is -0.507 e. The number of anilines is 1. The van der Waals surface area contributed by atoms with E-state index in [1.165, 1.54) is 18.2 Å². The maximum absolute atomic E-state index is 12.3. The summed E-state index contributed by atoms with van der Waals surface area (Å²) in [6.45, 7) is 1.67. The molecule has 0 aliphatic carbocycles. The first-order valence-corrected chi connectivity index (χ1v) is 11.9. The normalized spacial score (nSPS) is 12.5. The Hall–Kier alpha value is -5.51. The number of benzene rings is 3. The third-order valence-corrected chi connectivity index (χ3v) is 6.50. The van der Waals surface area contributed by atoms with E-state index in [0.717, 1.165) is 0 Å². The number of nitrogens with zero attached hydrogens (tertiary/aromatic N) is 2. The van der Waals surface area contributed by atoms with Gasteiger partial charge in [-0.3, -0.25) is 14.9 Å². The first-order valence-electron chi connectivity index (χ1n) is 11.9. The number of hydrogen-bond donors (Lipinski definition) is 2. The van der Waals surface area contributed by atoms with E-state index in [1.54, 1.807) is 61.5 Å². The zero-order valence-electron chi connectivity index (χ0n) is 20.4. The van der Waals surface area contributed by atoms with Crippen molar-refractivity contribution in [1.29, 1.82) is 0 Å². The number of ether oxygens (including phenoxy) is 1. The predicted octanol–water partition coefficient (Wildman–Crippen LogP) is 5.44. The van der Waals surface area contributed by atoms with Gasteiger partial charge in [0.05, 0.1) is 33.1 Å². The molecule has 0 saturated carbocycles. The summed E-state index contributed by atoms with van der Waals surface area (Å²) in [6, 6.07) is 19.2. The molecule has 2 N–H and O–H groups in total. The molecular weight excluding hydrogens is 502 g/mol. The molecule has 0 radical (unpaired) electrons. The maximum atomic E-state index is 12.3. The average molecular weight is 521 g/mol. The third kappa shape index (κ3) is 4.23. The molecule has 0 spiro atoms. The molecule has 39 heavy (non-hydrogen) atoms. The molecule has 0 saturated heterocycles. The van der Waals surface area contributed by atoms with E-state index >= 15 is 0 Å². The molecule has 10 nitrogen and oxygen atoms in total. The topological polar surface area (TPSA) is 145 Å². The number of amides is 1. The Morgan fingerprint density at radius 1 is 0.974 bits per heavy atom. The number of carbonyl (C=O) groups excluding carboxylic acids is 1. The van der Waals surface area contributed by atoms with Gasteiger partial charge >= 0.3 is 5.63 Å². The summed E-state index contributed by atoms with van der Waals surface area (Å²) in [7, 11) is 0. The van der Waals surface area contributed by atoms with Crippen LogP contribution in [0.3, 0.4) is 0 Å². The molecule has 1 aliphatic rings. The van der Waals surface area contributed by atoms with Crippen LogP contribution in [0.5, 0.6) is 11.5 Å². The number of carbonyl (C=O) groups is 1. The summed E-state index contributed by atoms with van der Waals surface area (Å²) in [6.07, 6.45) is 0. The van der Waals surface area contributed by atoms with E-state index in [2.05, 4.69) is 5.32 Å². The molecule has 1 aliphatic heterocycles. The highest BCUT2D eigenvalue weighted by Crippen LogP contribution is 2.41. The molecule has 5 aromatic rings. The van der Waals surface area contributed by atoms with Gasteiger partial charge in [-0.2, -0.15) is 0 Å². The number of aryl methyl sites for hydroxylation is 1. The van der Waals surface area contributed by atoms with Crippen molar-refractivity contribution < 1.29 is 24.0 Å². The summed E-state index contributed by atoms with van der Waals surface area (Å²) < 4.78 is 11.0. The van der Waals surface area contributed by atoms with Gasteiger partial charge in [0.25, 0.3) is 11.6 Å². The van der Waals surface area contributed by atoms with Crippen molar-refractivity contribution in [3.05, 3.63) is 98.9 Å². The molecule has 0 fully saturated rings. The smallest absolute Gasteiger partial charge is 0.336 e. The monoisotopic (exact) mass is 521 g/mol. The Morgan fingerprint density at radius 2 is 1.77 bits per heavy atom. The molecule has 10 heteroatoms. The lowest BCUT2D eigenvalue weighted by molar-refractivity contribution is -0.384. The van der Waals surface area contributed by atoms with Crippen molar-refractivity contribution in [1.82, 2.24) is 4.98 Å². The molecule has 2 aromatic heterocycles. The van der Waals surface area contributed by atoms with Gasteiger partial charge in [-0.05, 0) is 66.6 Å². The van der Waals surface area contributed by atoms with Crippen LogP contribution in [0.15, 0.2) is 82.0 Å². The molecule has 0 atom stereocenters. The minimum atomic E-state index is -0.590. The molecule has 0 bridgehead atoms. The number of aromatic hydroxyl groups is 1. The largest absolute Gasteiger partial charge is 0.507 e. The van der Waals surface area contributed by atoms with Crippen molar-refractivity contribution in [2.75, 3.05) is 11.9 Å². The molecule has 0 unspecified atom stereocenters. The number of pyridine rings is 1. The van der Waals surface area contributed by atoms with Crippen molar-refractivity contribution in [3.63, 3.8) is 0 Å². The highest BCUT2D eigenvalue weighted by molar-refractivity contribution is 5.98. The molecular formula is C29H19N3O7. The summed E-state index contributed by atoms with van der Waals surface area (Å²) >= 11 is 0. The first-order chi connectivity index (χ1) is 18.8. The lowest BCUT2D eigenvalue weighted by Crippen LogP contribution is -2.25. The Kier molecular flexibility index (Phi) is 5.57. The summed E-state index contributed by atoms with van der Waals surface area (Å²) in [5, 5.41) is 26.1. The van der Waals surface area contributed by atoms with Gasteiger partial charge in [-0.15, -0.1) is 0 Å². The van der Waals surface area contributed by atoms with Crippen LogP contribution in [-0.2, 0) is 4.79 Å². The number of nitrogens with one attached hydrogen (secondary N) is 1. The first kappa shape index (κ1) is 23.9. The number of hydrogen-bond acceptors (Lipinski definition) is 8. The molecule has 1 amide bonds. The van der Waals surface area contributed by atoms with Crippen LogP contribution in [-0.4, -0.2) is 27.5 Å². The second-order valence-electron chi connectivity index (χ2n) is 9.03. The molecule has 192 valence electrons. The number of para-hydroxylation sites is 1. The van der Waals surface area contributed by atoms with E-state index in [9.17, 15) is 24.8 Å². The Balaban J connectivity index is 1.65. The van der Waals surface area contributed by atoms with Crippen LogP contribution in [0.1, 0.15) is 5.56 Å². The van der Waals surface area contributed by atoms with E-state index in [0.29, 0.717) is 44.8 Å². The number of nitro groups is 1. The number of nitro benzene ring substituents is 1. The standard InChI is InChI=1S/C29H19N3O7/c1-15-10-27(35)39-29-18(15)7-8-24(33)28(29)22-13-17(19-4-2-3-5-23(19)32(36)37)12-20(30-22)16-6-9-25-21(11-16)31-26(34)14-38-25/h2-13,33H,14H2,1H3,(H,31,34). The fourth-order valence-corrected chi connectivity index (χ4v) is 4.70. The molecule has 3 heterocycles. The molecule has 3 aromatic carbocycles. The third-order valence-electron chi connectivity index (χ3n) is 6.50. The average Bonchev–Trinajstić information content (AvgIpc) is 2.92. The van der Waals surface area contributed by atoms with Crippen LogP contribution in [0.25, 0.3) is 44.6 Å². The number of phenolic OH excluding ortho intramolecular Hbond substituents is 1. The Labute approximate surface area is 220 Å².